The van der Waals surface area contributed by atoms with Crippen LogP contribution in [-0.4, -0.2) is 24.5 Å². The molecule has 0 radical (unpaired) electrons. The maximum Gasteiger partial charge on any atom is 0.322 e. The van der Waals surface area contributed by atoms with Crippen LogP contribution in [0.1, 0.15) is 0 Å². The average Bonchev–Trinajstić information content (AvgIpc) is 2.53. The number of carbonyl (C=O) groups excluding carboxylic acids is 1. The zero-order chi connectivity index (χ0) is 14.4. The van der Waals surface area contributed by atoms with E-state index in [1.807, 2.05) is 42.5 Å². The zero-order valence-electron chi connectivity index (χ0n) is 11.1. The van der Waals surface area contributed by atoms with Crippen LogP contribution < -0.4 is 4.74 Å². The van der Waals surface area contributed by atoms with Gasteiger partial charge in [0.2, 0.25) is 0 Å². The first-order valence-corrected chi connectivity index (χ1v) is 7.12. The molecule has 0 heterocycles. The summed E-state index contributed by atoms with van der Waals surface area (Å²) >= 11 is 3.21. The molecule has 1 atom stereocenters. The molecule has 0 saturated carbocycles. The molecule has 2 aromatic rings. The van der Waals surface area contributed by atoms with Crippen molar-refractivity contribution in [3.63, 3.8) is 0 Å². The topological polar surface area (TPSA) is 35.5 Å². The summed E-state index contributed by atoms with van der Waals surface area (Å²) < 4.78 is 10.1. The highest BCUT2D eigenvalue weighted by Gasteiger charge is 2.15. The normalized spacial score (nSPS) is 11.7. The molecular formula is C16H15BrO3. The third-order valence-electron chi connectivity index (χ3n) is 2.81. The predicted octanol–water partition coefficient (Wildman–Crippen LogP) is 3.67. The van der Waals surface area contributed by atoms with E-state index in [1.165, 1.54) is 7.11 Å². The Kier molecular flexibility index (Phi) is 5.18. The first-order chi connectivity index (χ1) is 9.70. The molecule has 0 saturated heterocycles. The Hall–Kier alpha value is -1.81. The standard InChI is InChI=1S/C16H15BrO3/c1-19-16(18)15(17)11-20-14-9-7-13(8-10-14)12-5-3-2-4-6-12/h2-10,15H,11H2,1H3. The van der Waals surface area contributed by atoms with E-state index in [1.54, 1.807) is 0 Å². The zero-order valence-corrected chi connectivity index (χ0v) is 12.7. The van der Waals surface area contributed by atoms with Gasteiger partial charge in [-0.2, -0.15) is 0 Å². The van der Waals surface area contributed by atoms with Gasteiger partial charge in [0.05, 0.1) is 7.11 Å². The van der Waals surface area contributed by atoms with E-state index in [-0.39, 0.29) is 12.6 Å². The lowest BCUT2D eigenvalue weighted by atomic mass is 10.1. The predicted molar refractivity (Wildman–Crippen MR) is 82.1 cm³/mol. The van der Waals surface area contributed by atoms with Crippen molar-refractivity contribution in [3.8, 4) is 16.9 Å². The minimum atomic E-state index is -0.457. The molecule has 20 heavy (non-hydrogen) atoms. The fourth-order valence-electron chi connectivity index (χ4n) is 1.74. The number of alkyl halides is 1. The van der Waals surface area contributed by atoms with Crippen LogP contribution in [0.2, 0.25) is 0 Å². The number of hydrogen-bond acceptors (Lipinski definition) is 3. The van der Waals surface area contributed by atoms with Crippen molar-refractivity contribution in [2.75, 3.05) is 13.7 Å². The van der Waals surface area contributed by atoms with E-state index in [0.29, 0.717) is 0 Å². The Balaban J connectivity index is 1.97. The largest absolute Gasteiger partial charge is 0.492 e. The van der Waals surface area contributed by atoms with Gasteiger partial charge in [0.25, 0.3) is 0 Å². The van der Waals surface area contributed by atoms with Gasteiger partial charge in [-0.3, -0.25) is 4.79 Å². The molecule has 3 nitrogen and oxygen atoms in total. The van der Waals surface area contributed by atoms with Gasteiger partial charge in [-0.05, 0) is 23.3 Å². The number of benzene rings is 2. The minimum Gasteiger partial charge on any atom is -0.492 e. The highest BCUT2D eigenvalue weighted by Crippen LogP contribution is 2.22. The highest BCUT2D eigenvalue weighted by atomic mass is 79.9. The summed E-state index contributed by atoms with van der Waals surface area (Å²) in [5.41, 5.74) is 2.29. The fraction of sp³-hybridized carbons (Fsp3) is 0.188. The van der Waals surface area contributed by atoms with Crippen molar-refractivity contribution < 1.29 is 14.3 Å². The molecule has 0 aliphatic heterocycles. The van der Waals surface area contributed by atoms with Gasteiger partial charge >= 0.3 is 5.97 Å². The van der Waals surface area contributed by atoms with Crippen molar-refractivity contribution in [1.29, 1.82) is 0 Å². The Morgan fingerprint density at radius 2 is 1.65 bits per heavy atom. The number of halogens is 1. The summed E-state index contributed by atoms with van der Waals surface area (Å²) in [5, 5.41) is 0. The third kappa shape index (κ3) is 3.84. The molecule has 0 bridgehead atoms. The molecule has 2 aromatic carbocycles. The number of methoxy groups -OCH3 is 1. The molecule has 0 aliphatic carbocycles. The van der Waals surface area contributed by atoms with E-state index in [9.17, 15) is 4.79 Å². The van der Waals surface area contributed by atoms with E-state index >= 15 is 0 Å². The Labute approximate surface area is 126 Å². The molecule has 104 valence electrons. The molecule has 4 heteroatoms. The Morgan fingerprint density at radius 3 is 2.25 bits per heavy atom. The number of esters is 1. The minimum absolute atomic E-state index is 0.233. The summed E-state index contributed by atoms with van der Waals surface area (Å²) in [6.07, 6.45) is 0. The summed E-state index contributed by atoms with van der Waals surface area (Å²) in [4.78, 5) is 10.8. The first-order valence-electron chi connectivity index (χ1n) is 6.21. The third-order valence-corrected chi connectivity index (χ3v) is 3.45. The van der Waals surface area contributed by atoms with Gasteiger partial charge in [-0.15, -0.1) is 0 Å². The van der Waals surface area contributed by atoms with Crippen LogP contribution in [0.5, 0.6) is 5.75 Å². The average molecular weight is 335 g/mol. The number of rotatable bonds is 5. The molecular weight excluding hydrogens is 320 g/mol. The summed E-state index contributed by atoms with van der Waals surface area (Å²) in [7, 11) is 1.35. The van der Waals surface area contributed by atoms with Gasteiger partial charge in [0, 0.05) is 0 Å². The number of carbonyl (C=O) groups is 1. The van der Waals surface area contributed by atoms with E-state index < -0.39 is 4.83 Å². The smallest absolute Gasteiger partial charge is 0.322 e. The van der Waals surface area contributed by atoms with E-state index in [2.05, 4.69) is 32.8 Å². The molecule has 0 aromatic heterocycles. The van der Waals surface area contributed by atoms with Crippen LogP contribution in [0, 0.1) is 0 Å². The second-order valence-electron chi connectivity index (χ2n) is 4.19. The van der Waals surface area contributed by atoms with Crippen LogP contribution in [-0.2, 0) is 9.53 Å². The SMILES string of the molecule is COC(=O)C(Br)COc1ccc(-c2ccccc2)cc1. The monoisotopic (exact) mass is 334 g/mol. The quantitative estimate of drug-likeness (QED) is 0.618. The molecule has 0 amide bonds. The first kappa shape index (κ1) is 14.6. The molecule has 0 fully saturated rings. The van der Waals surface area contributed by atoms with Crippen LogP contribution in [0.4, 0.5) is 0 Å². The second kappa shape index (κ2) is 7.10. The molecule has 1 unspecified atom stereocenters. The van der Waals surface area contributed by atoms with Gasteiger partial charge in [0.15, 0.2) is 0 Å². The van der Waals surface area contributed by atoms with Gasteiger partial charge in [-0.1, -0.05) is 58.4 Å². The number of hydrogen-bond donors (Lipinski definition) is 0. The van der Waals surface area contributed by atoms with Crippen LogP contribution in [0.3, 0.4) is 0 Å². The molecule has 0 aliphatic rings. The van der Waals surface area contributed by atoms with E-state index in [0.717, 1.165) is 16.9 Å². The molecule has 0 N–H and O–H groups in total. The Bertz CT molecular complexity index is 552. The van der Waals surface area contributed by atoms with Gasteiger partial charge in [-0.25, -0.2) is 0 Å². The lowest BCUT2D eigenvalue weighted by molar-refractivity contribution is -0.140. The van der Waals surface area contributed by atoms with Gasteiger partial charge in [0.1, 0.15) is 17.2 Å². The van der Waals surface area contributed by atoms with Crippen molar-refractivity contribution in [2.45, 2.75) is 4.83 Å². The van der Waals surface area contributed by atoms with Crippen molar-refractivity contribution in [3.05, 3.63) is 54.6 Å². The maximum absolute atomic E-state index is 11.2. The lowest BCUT2D eigenvalue weighted by Crippen LogP contribution is -2.22. The van der Waals surface area contributed by atoms with Crippen LogP contribution in [0.25, 0.3) is 11.1 Å². The maximum atomic E-state index is 11.2. The fourth-order valence-corrected chi connectivity index (χ4v) is 2.06. The molecule has 2 rings (SSSR count). The second-order valence-corrected chi connectivity index (χ2v) is 5.30. The summed E-state index contributed by atoms with van der Waals surface area (Å²) in [6.45, 7) is 0.233. The summed E-state index contributed by atoms with van der Waals surface area (Å²) in [5.74, 6) is 0.379. The van der Waals surface area contributed by atoms with Crippen LogP contribution >= 0.6 is 15.9 Å². The number of ether oxygens (including phenoxy) is 2. The van der Waals surface area contributed by atoms with E-state index in [4.69, 9.17) is 4.74 Å². The van der Waals surface area contributed by atoms with Gasteiger partial charge < -0.3 is 9.47 Å². The van der Waals surface area contributed by atoms with Crippen molar-refractivity contribution in [1.82, 2.24) is 0 Å². The Morgan fingerprint density at radius 1 is 1.05 bits per heavy atom. The summed E-state index contributed by atoms with van der Waals surface area (Å²) in [6, 6.07) is 17.9. The van der Waals surface area contributed by atoms with Crippen LogP contribution in [0.15, 0.2) is 54.6 Å². The molecule has 0 spiro atoms. The lowest BCUT2D eigenvalue weighted by Gasteiger charge is -2.10. The van der Waals surface area contributed by atoms with Crippen molar-refractivity contribution in [2.24, 2.45) is 0 Å². The highest BCUT2D eigenvalue weighted by molar-refractivity contribution is 9.10. The van der Waals surface area contributed by atoms with Crippen molar-refractivity contribution >= 4 is 21.9 Å².